The Morgan fingerprint density at radius 2 is 2.07 bits per heavy atom. The average Bonchev–Trinajstić information content (AvgIpc) is 2.25. The normalized spacial score (nSPS) is 9.79. The van der Waals surface area contributed by atoms with Crippen LogP contribution in [0.4, 0.5) is 0 Å². The Morgan fingerprint density at radius 1 is 1.36 bits per heavy atom. The van der Waals surface area contributed by atoms with Crippen LogP contribution in [0.1, 0.15) is 17.3 Å². The van der Waals surface area contributed by atoms with E-state index in [1.807, 2.05) is 6.92 Å². The maximum absolute atomic E-state index is 10.3. The quantitative estimate of drug-likeness (QED) is 0.495. The SMILES string of the molecule is CCOCCOc1ncc(C=O)cn1. The third-order valence-corrected chi connectivity index (χ3v) is 1.45. The zero-order valence-electron chi connectivity index (χ0n) is 7.97. The molecule has 1 aromatic rings. The molecule has 0 spiro atoms. The zero-order chi connectivity index (χ0) is 10.2. The van der Waals surface area contributed by atoms with Gasteiger partial charge in [0, 0.05) is 19.0 Å². The molecule has 0 amide bonds. The van der Waals surface area contributed by atoms with Crippen LogP contribution in [0.5, 0.6) is 6.01 Å². The first-order valence-electron chi connectivity index (χ1n) is 4.34. The minimum Gasteiger partial charge on any atom is -0.461 e. The number of hydrogen-bond donors (Lipinski definition) is 0. The fourth-order valence-electron chi connectivity index (χ4n) is 0.798. The van der Waals surface area contributed by atoms with E-state index in [4.69, 9.17) is 9.47 Å². The first-order chi connectivity index (χ1) is 6.86. The van der Waals surface area contributed by atoms with Crippen LogP contribution in [0, 0.1) is 0 Å². The highest BCUT2D eigenvalue weighted by Crippen LogP contribution is 2.00. The van der Waals surface area contributed by atoms with Crippen molar-refractivity contribution in [3.8, 4) is 6.01 Å². The topological polar surface area (TPSA) is 61.3 Å². The Balaban J connectivity index is 2.32. The first-order valence-corrected chi connectivity index (χ1v) is 4.34. The van der Waals surface area contributed by atoms with Crippen molar-refractivity contribution in [2.45, 2.75) is 6.92 Å². The molecule has 0 aromatic carbocycles. The molecule has 0 aliphatic heterocycles. The Morgan fingerprint density at radius 3 is 2.64 bits per heavy atom. The van der Waals surface area contributed by atoms with Gasteiger partial charge in [-0.05, 0) is 6.92 Å². The first kappa shape index (κ1) is 10.6. The summed E-state index contributed by atoms with van der Waals surface area (Å²) in [6.07, 6.45) is 3.51. The van der Waals surface area contributed by atoms with Crippen LogP contribution < -0.4 is 4.74 Å². The molecular weight excluding hydrogens is 184 g/mol. The van der Waals surface area contributed by atoms with Gasteiger partial charge in [0.05, 0.1) is 12.2 Å². The largest absolute Gasteiger partial charge is 0.461 e. The van der Waals surface area contributed by atoms with Crippen molar-refractivity contribution in [1.29, 1.82) is 0 Å². The molecule has 0 atom stereocenters. The van der Waals surface area contributed by atoms with Gasteiger partial charge in [-0.15, -0.1) is 0 Å². The Hall–Kier alpha value is -1.49. The van der Waals surface area contributed by atoms with E-state index in [0.29, 0.717) is 31.7 Å². The van der Waals surface area contributed by atoms with Gasteiger partial charge in [0.1, 0.15) is 6.61 Å². The molecule has 1 heterocycles. The molecule has 0 aliphatic carbocycles. The summed E-state index contributed by atoms with van der Waals surface area (Å²) in [6.45, 7) is 3.49. The van der Waals surface area contributed by atoms with Gasteiger partial charge >= 0.3 is 6.01 Å². The van der Waals surface area contributed by atoms with E-state index in [9.17, 15) is 4.79 Å². The van der Waals surface area contributed by atoms with Crippen molar-refractivity contribution < 1.29 is 14.3 Å². The van der Waals surface area contributed by atoms with Gasteiger partial charge in [-0.1, -0.05) is 0 Å². The molecule has 0 N–H and O–H groups in total. The van der Waals surface area contributed by atoms with Gasteiger partial charge in [0.15, 0.2) is 6.29 Å². The number of aromatic nitrogens is 2. The Labute approximate surface area is 82.1 Å². The van der Waals surface area contributed by atoms with Crippen LogP contribution in [-0.2, 0) is 4.74 Å². The maximum Gasteiger partial charge on any atom is 0.316 e. The molecule has 0 saturated carbocycles. The number of rotatable bonds is 6. The minimum atomic E-state index is 0.260. The molecule has 0 unspecified atom stereocenters. The number of ether oxygens (including phenoxy) is 2. The third kappa shape index (κ3) is 3.49. The fourth-order valence-corrected chi connectivity index (χ4v) is 0.798. The van der Waals surface area contributed by atoms with Crippen LogP contribution in [0.2, 0.25) is 0 Å². The van der Waals surface area contributed by atoms with Crippen molar-refractivity contribution in [1.82, 2.24) is 9.97 Å². The lowest BCUT2D eigenvalue weighted by Gasteiger charge is -2.03. The van der Waals surface area contributed by atoms with Gasteiger partial charge < -0.3 is 9.47 Å². The summed E-state index contributed by atoms with van der Waals surface area (Å²) in [5.41, 5.74) is 0.433. The molecule has 14 heavy (non-hydrogen) atoms. The van der Waals surface area contributed by atoms with Gasteiger partial charge in [0.2, 0.25) is 0 Å². The fraction of sp³-hybridized carbons (Fsp3) is 0.444. The summed E-state index contributed by atoms with van der Waals surface area (Å²) in [5, 5.41) is 0. The average molecular weight is 196 g/mol. The third-order valence-electron chi connectivity index (χ3n) is 1.45. The molecule has 1 rings (SSSR count). The van der Waals surface area contributed by atoms with E-state index in [1.165, 1.54) is 12.4 Å². The second-order valence-electron chi connectivity index (χ2n) is 2.46. The van der Waals surface area contributed by atoms with Crippen molar-refractivity contribution in [2.24, 2.45) is 0 Å². The molecule has 0 saturated heterocycles. The monoisotopic (exact) mass is 196 g/mol. The van der Waals surface area contributed by atoms with Crippen LogP contribution >= 0.6 is 0 Å². The molecule has 0 fully saturated rings. The van der Waals surface area contributed by atoms with E-state index in [2.05, 4.69) is 9.97 Å². The molecule has 0 bridgehead atoms. The number of carbonyl (C=O) groups excluding carboxylic acids is 1. The predicted molar refractivity (Wildman–Crippen MR) is 49.4 cm³/mol. The summed E-state index contributed by atoms with van der Waals surface area (Å²) in [4.78, 5) is 17.9. The number of hydrogen-bond acceptors (Lipinski definition) is 5. The lowest BCUT2D eigenvalue weighted by molar-refractivity contribution is 0.106. The van der Waals surface area contributed by atoms with Crippen molar-refractivity contribution >= 4 is 6.29 Å². The van der Waals surface area contributed by atoms with E-state index in [1.54, 1.807) is 0 Å². The Kier molecular flexibility index (Phi) is 4.57. The smallest absolute Gasteiger partial charge is 0.316 e. The second kappa shape index (κ2) is 6.04. The standard InChI is InChI=1S/C9H12N2O3/c1-2-13-3-4-14-9-10-5-8(7-12)6-11-9/h5-7H,2-4H2,1H3. The van der Waals surface area contributed by atoms with E-state index >= 15 is 0 Å². The van der Waals surface area contributed by atoms with Crippen molar-refractivity contribution in [2.75, 3.05) is 19.8 Å². The second-order valence-corrected chi connectivity index (χ2v) is 2.46. The summed E-state index contributed by atoms with van der Waals surface area (Å²) in [7, 11) is 0. The lowest BCUT2D eigenvalue weighted by atomic mass is 10.4. The molecule has 76 valence electrons. The van der Waals surface area contributed by atoms with Crippen LogP contribution in [0.15, 0.2) is 12.4 Å². The summed E-state index contributed by atoms with van der Waals surface area (Å²) in [5.74, 6) is 0. The van der Waals surface area contributed by atoms with Crippen molar-refractivity contribution in [3.63, 3.8) is 0 Å². The van der Waals surface area contributed by atoms with Gasteiger partial charge in [-0.25, -0.2) is 9.97 Å². The van der Waals surface area contributed by atoms with Crippen LogP contribution in [0.25, 0.3) is 0 Å². The molecule has 1 aromatic heterocycles. The molecule has 5 nitrogen and oxygen atoms in total. The minimum absolute atomic E-state index is 0.260. The van der Waals surface area contributed by atoms with E-state index < -0.39 is 0 Å². The zero-order valence-corrected chi connectivity index (χ0v) is 7.97. The highest BCUT2D eigenvalue weighted by atomic mass is 16.5. The maximum atomic E-state index is 10.3. The van der Waals surface area contributed by atoms with Gasteiger partial charge in [-0.3, -0.25) is 4.79 Å². The highest BCUT2D eigenvalue weighted by Gasteiger charge is 1.97. The van der Waals surface area contributed by atoms with Crippen LogP contribution in [-0.4, -0.2) is 36.1 Å². The molecule has 0 aliphatic rings. The molecular formula is C9H12N2O3. The summed E-state index contributed by atoms with van der Waals surface area (Å²) in [6, 6.07) is 0.260. The van der Waals surface area contributed by atoms with E-state index in [0.717, 1.165) is 0 Å². The molecule has 5 heteroatoms. The highest BCUT2D eigenvalue weighted by molar-refractivity contribution is 5.73. The number of carbonyl (C=O) groups is 1. The summed E-state index contributed by atoms with van der Waals surface area (Å²) < 4.78 is 10.2. The molecule has 0 radical (unpaired) electrons. The van der Waals surface area contributed by atoms with E-state index in [-0.39, 0.29) is 6.01 Å². The number of aldehydes is 1. The lowest BCUT2D eigenvalue weighted by Crippen LogP contribution is -2.08. The van der Waals surface area contributed by atoms with Gasteiger partial charge in [0.25, 0.3) is 0 Å². The summed E-state index contributed by atoms with van der Waals surface area (Å²) >= 11 is 0. The van der Waals surface area contributed by atoms with Crippen LogP contribution in [0.3, 0.4) is 0 Å². The van der Waals surface area contributed by atoms with Gasteiger partial charge in [-0.2, -0.15) is 0 Å². The number of nitrogens with zero attached hydrogens (tertiary/aromatic N) is 2. The van der Waals surface area contributed by atoms with Crippen molar-refractivity contribution in [3.05, 3.63) is 18.0 Å². The Bertz CT molecular complexity index is 274. The predicted octanol–water partition coefficient (Wildman–Crippen LogP) is 0.704.